The zero-order valence-electron chi connectivity index (χ0n) is 11.7. The first kappa shape index (κ1) is 12.9. The Bertz CT molecular complexity index is 644. The fraction of sp³-hybridized carbons (Fsp3) is 0.278. The Morgan fingerprint density at radius 2 is 1.90 bits per heavy atom. The number of ketones is 1. The number of ether oxygens (including phenoxy) is 1. The van der Waals surface area contributed by atoms with Crippen molar-refractivity contribution in [3.05, 3.63) is 64.7 Å². The van der Waals surface area contributed by atoms with Crippen LogP contribution in [-0.2, 0) is 19.3 Å². The molecular weight excluding hydrogens is 248 g/mol. The van der Waals surface area contributed by atoms with Gasteiger partial charge in [-0.15, -0.1) is 0 Å². The van der Waals surface area contributed by atoms with E-state index in [0.717, 1.165) is 12.0 Å². The number of benzene rings is 2. The van der Waals surface area contributed by atoms with Gasteiger partial charge >= 0.3 is 0 Å². The molecule has 0 aliphatic heterocycles. The molecule has 0 heterocycles. The van der Waals surface area contributed by atoms with E-state index in [1.807, 2.05) is 24.3 Å². The van der Waals surface area contributed by atoms with Crippen molar-refractivity contribution in [3.63, 3.8) is 0 Å². The highest BCUT2D eigenvalue weighted by molar-refractivity contribution is 6.00. The number of carbonyl (C=O) groups excluding carboxylic acids is 1. The SMILES string of the molecule is COc1ccccc1C(=O)Cc1ccc2c(c1)CCC2. The molecule has 0 aromatic heterocycles. The Labute approximate surface area is 119 Å². The van der Waals surface area contributed by atoms with Crippen LogP contribution in [0.1, 0.15) is 33.5 Å². The van der Waals surface area contributed by atoms with Crippen LogP contribution in [0.5, 0.6) is 5.75 Å². The molecule has 1 aliphatic rings. The van der Waals surface area contributed by atoms with Crippen molar-refractivity contribution in [1.82, 2.24) is 0 Å². The van der Waals surface area contributed by atoms with Crippen LogP contribution in [0, 0.1) is 0 Å². The minimum absolute atomic E-state index is 0.111. The van der Waals surface area contributed by atoms with Gasteiger partial charge in [-0.2, -0.15) is 0 Å². The Morgan fingerprint density at radius 1 is 1.10 bits per heavy atom. The van der Waals surface area contributed by atoms with Crippen LogP contribution in [0.25, 0.3) is 0 Å². The first-order chi connectivity index (χ1) is 9.78. The topological polar surface area (TPSA) is 26.3 Å². The van der Waals surface area contributed by atoms with Gasteiger partial charge in [-0.25, -0.2) is 0 Å². The lowest BCUT2D eigenvalue weighted by Crippen LogP contribution is -2.06. The fourth-order valence-corrected chi connectivity index (χ4v) is 2.89. The smallest absolute Gasteiger partial charge is 0.170 e. The van der Waals surface area contributed by atoms with Crippen molar-refractivity contribution in [2.75, 3.05) is 7.11 Å². The van der Waals surface area contributed by atoms with E-state index in [9.17, 15) is 4.79 Å². The molecule has 102 valence electrons. The van der Waals surface area contributed by atoms with Crippen LogP contribution in [0.4, 0.5) is 0 Å². The summed E-state index contributed by atoms with van der Waals surface area (Å²) in [5.41, 5.74) is 4.62. The van der Waals surface area contributed by atoms with Crippen molar-refractivity contribution in [1.29, 1.82) is 0 Å². The summed E-state index contributed by atoms with van der Waals surface area (Å²) >= 11 is 0. The summed E-state index contributed by atoms with van der Waals surface area (Å²) in [6, 6.07) is 13.9. The molecule has 2 aromatic rings. The van der Waals surface area contributed by atoms with E-state index in [0.29, 0.717) is 17.7 Å². The lowest BCUT2D eigenvalue weighted by molar-refractivity contribution is 0.0990. The van der Waals surface area contributed by atoms with Crippen LogP contribution in [0.15, 0.2) is 42.5 Å². The van der Waals surface area contributed by atoms with Gasteiger partial charge in [0.2, 0.25) is 0 Å². The van der Waals surface area contributed by atoms with Crippen molar-refractivity contribution in [3.8, 4) is 5.75 Å². The van der Waals surface area contributed by atoms with Crippen LogP contribution < -0.4 is 4.74 Å². The first-order valence-electron chi connectivity index (χ1n) is 7.05. The summed E-state index contributed by atoms with van der Waals surface area (Å²) in [6.07, 6.45) is 4.00. The predicted octanol–water partition coefficient (Wildman–Crippen LogP) is 3.61. The maximum atomic E-state index is 12.4. The number of fused-ring (bicyclic) bond motifs is 1. The van der Waals surface area contributed by atoms with Gasteiger partial charge in [0.15, 0.2) is 5.78 Å². The summed E-state index contributed by atoms with van der Waals surface area (Å²) in [6.45, 7) is 0. The molecule has 0 bridgehead atoms. The molecule has 2 aromatic carbocycles. The second-order valence-corrected chi connectivity index (χ2v) is 5.26. The Morgan fingerprint density at radius 3 is 2.75 bits per heavy atom. The van der Waals surface area contributed by atoms with Gasteiger partial charge in [0.1, 0.15) is 5.75 Å². The zero-order valence-corrected chi connectivity index (χ0v) is 11.7. The number of carbonyl (C=O) groups is 1. The molecule has 1 aliphatic carbocycles. The number of Topliss-reactive ketones (excluding diaryl/α,β-unsaturated/α-hetero) is 1. The summed E-state index contributed by atoms with van der Waals surface area (Å²) < 4.78 is 5.26. The first-order valence-corrected chi connectivity index (χ1v) is 7.05. The van der Waals surface area contributed by atoms with E-state index in [-0.39, 0.29) is 5.78 Å². The molecule has 0 unspecified atom stereocenters. The Hall–Kier alpha value is -2.09. The molecule has 0 saturated carbocycles. The summed E-state index contributed by atoms with van der Waals surface area (Å²) in [5, 5.41) is 0. The third-order valence-corrected chi connectivity index (χ3v) is 3.93. The van der Waals surface area contributed by atoms with Gasteiger partial charge < -0.3 is 4.74 Å². The minimum atomic E-state index is 0.111. The van der Waals surface area contributed by atoms with Gasteiger partial charge in [-0.1, -0.05) is 30.3 Å². The molecule has 20 heavy (non-hydrogen) atoms. The van der Waals surface area contributed by atoms with E-state index in [4.69, 9.17) is 4.74 Å². The van der Waals surface area contributed by atoms with Crippen LogP contribution >= 0.6 is 0 Å². The maximum absolute atomic E-state index is 12.4. The van der Waals surface area contributed by atoms with Crippen LogP contribution in [0.2, 0.25) is 0 Å². The van der Waals surface area contributed by atoms with E-state index in [1.54, 1.807) is 7.11 Å². The highest BCUT2D eigenvalue weighted by atomic mass is 16.5. The van der Waals surface area contributed by atoms with Crippen molar-refractivity contribution < 1.29 is 9.53 Å². The third kappa shape index (κ3) is 2.46. The normalized spacial score (nSPS) is 13.1. The second-order valence-electron chi connectivity index (χ2n) is 5.26. The molecule has 2 nitrogen and oxygen atoms in total. The van der Waals surface area contributed by atoms with Crippen molar-refractivity contribution >= 4 is 5.78 Å². The minimum Gasteiger partial charge on any atom is -0.496 e. The molecule has 0 spiro atoms. The zero-order chi connectivity index (χ0) is 13.9. The Kier molecular flexibility index (Phi) is 3.55. The average Bonchev–Trinajstić information content (AvgIpc) is 2.94. The fourth-order valence-electron chi connectivity index (χ4n) is 2.89. The molecule has 0 atom stereocenters. The monoisotopic (exact) mass is 266 g/mol. The van der Waals surface area contributed by atoms with Crippen molar-refractivity contribution in [2.45, 2.75) is 25.7 Å². The summed E-state index contributed by atoms with van der Waals surface area (Å²) in [7, 11) is 1.60. The Balaban J connectivity index is 1.82. The second kappa shape index (κ2) is 5.49. The van der Waals surface area contributed by atoms with Crippen molar-refractivity contribution in [2.24, 2.45) is 0 Å². The number of methoxy groups -OCH3 is 1. The molecule has 0 fully saturated rings. The predicted molar refractivity (Wildman–Crippen MR) is 79.5 cm³/mol. The molecular formula is C18H18O2. The molecule has 0 radical (unpaired) electrons. The standard InChI is InChI=1S/C18H18O2/c1-20-18-8-3-2-7-16(18)17(19)12-13-9-10-14-5-4-6-15(14)11-13/h2-3,7-11H,4-6,12H2,1H3. The molecule has 0 N–H and O–H groups in total. The number of para-hydroxylation sites is 1. The average molecular weight is 266 g/mol. The maximum Gasteiger partial charge on any atom is 0.170 e. The van der Waals surface area contributed by atoms with Gasteiger partial charge in [-0.3, -0.25) is 4.79 Å². The molecule has 0 amide bonds. The van der Waals surface area contributed by atoms with Gasteiger partial charge in [0, 0.05) is 6.42 Å². The van der Waals surface area contributed by atoms with E-state index >= 15 is 0 Å². The highest BCUT2D eigenvalue weighted by Gasteiger charge is 2.15. The lowest BCUT2D eigenvalue weighted by atomic mass is 9.99. The van der Waals surface area contributed by atoms with E-state index < -0.39 is 0 Å². The molecule has 0 saturated heterocycles. The largest absolute Gasteiger partial charge is 0.496 e. The third-order valence-electron chi connectivity index (χ3n) is 3.93. The number of hydrogen-bond acceptors (Lipinski definition) is 2. The summed E-state index contributed by atoms with van der Waals surface area (Å²) in [4.78, 5) is 12.4. The lowest BCUT2D eigenvalue weighted by Gasteiger charge is -2.08. The number of aryl methyl sites for hydroxylation is 2. The van der Waals surface area contributed by atoms with Gasteiger partial charge in [-0.05, 0) is 48.1 Å². The molecule has 2 heteroatoms. The number of hydrogen-bond donors (Lipinski definition) is 0. The molecule has 3 rings (SSSR count). The highest BCUT2D eigenvalue weighted by Crippen LogP contribution is 2.24. The number of rotatable bonds is 4. The van der Waals surface area contributed by atoms with Crippen LogP contribution in [0.3, 0.4) is 0 Å². The van der Waals surface area contributed by atoms with E-state index in [2.05, 4.69) is 18.2 Å². The quantitative estimate of drug-likeness (QED) is 0.790. The summed E-state index contributed by atoms with van der Waals surface area (Å²) in [5.74, 6) is 0.763. The van der Waals surface area contributed by atoms with Gasteiger partial charge in [0.25, 0.3) is 0 Å². The van der Waals surface area contributed by atoms with Gasteiger partial charge in [0.05, 0.1) is 12.7 Å². The van der Waals surface area contributed by atoms with E-state index in [1.165, 1.54) is 24.0 Å². The van der Waals surface area contributed by atoms with Crippen LogP contribution in [-0.4, -0.2) is 12.9 Å².